The van der Waals surface area contributed by atoms with E-state index in [1.54, 1.807) is 35.2 Å². The van der Waals surface area contributed by atoms with E-state index in [0.29, 0.717) is 0 Å². The number of aliphatic hydroxyl groups is 1. The number of nitrogens with zero attached hydrogens (tertiary/aromatic N) is 1. The van der Waals surface area contributed by atoms with Crippen LogP contribution in [0.3, 0.4) is 0 Å². The van der Waals surface area contributed by atoms with Crippen LogP contribution in [0.2, 0.25) is 0 Å². The van der Waals surface area contributed by atoms with E-state index < -0.39 is 0 Å². The minimum Gasteiger partial charge on any atom is -0.388 e. The molecular weight excluding hydrogens is 281 g/mol. The first-order chi connectivity index (χ1) is 9.22. The van der Waals surface area contributed by atoms with E-state index in [0.717, 1.165) is 45.5 Å². The summed E-state index contributed by atoms with van der Waals surface area (Å²) in [5, 5.41) is 11.0. The lowest BCUT2D eigenvalue weighted by Gasteiger charge is -2.14. The lowest BCUT2D eigenvalue weighted by molar-refractivity contribution is 0.160. The number of fused-ring (bicyclic) bond motifs is 1. The average molecular weight is 295 g/mol. The molecule has 19 heavy (non-hydrogen) atoms. The number of aromatic nitrogens is 1. The molecule has 1 aromatic heterocycles. The van der Waals surface area contributed by atoms with Gasteiger partial charge in [0, 0.05) is 4.90 Å². The van der Waals surface area contributed by atoms with Crippen LogP contribution in [-0.4, -0.2) is 10.1 Å². The first-order valence-corrected chi connectivity index (χ1v) is 8.07. The molecule has 0 fully saturated rings. The molecule has 0 amide bonds. The van der Waals surface area contributed by atoms with Crippen LogP contribution in [0.15, 0.2) is 29.2 Å². The van der Waals surface area contributed by atoms with Crippen LogP contribution < -0.4 is 0 Å². The van der Waals surface area contributed by atoms with Crippen molar-refractivity contribution < 1.29 is 9.50 Å². The summed E-state index contributed by atoms with van der Waals surface area (Å²) in [7, 11) is 0. The Balaban J connectivity index is 1.69. The van der Waals surface area contributed by atoms with Gasteiger partial charge in [0.1, 0.15) is 10.8 Å². The number of rotatable bonds is 3. The van der Waals surface area contributed by atoms with Crippen LogP contribution in [0.25, 0.3) is 0 Å². The quantitative estimate of drug-likeness (QED) is 0.871. The zero-order valence-electron chi connectivity index (χ0n) is 10.3. The summed E-state index contributed by atoms with van der Waals surface area (Å²) in [6.07, 6.45) is 2.51. The van der Waals surface area contributed by atoms with Crippen LogP contribution in [0.4, 0.5) is 4.39 Å². The van der Waals surface area contributed by atoms with Gasteiger partial charge >= 0.3 is 0 Å². The van der Waals surface area contributed by atoms with E-state index in [9.17, 15) is 9.50 Å². The van der Waals surface area contributed by atoms with E-state index in [-0.39, 0.29) is 11.9 Å². The highest BCUT2D eigenvalue weighted by Gasteiger charge is 2.22. The Morgan fingerprint density at radius 1 is 1.37 bits per heavy atom. The second-order valence-corrected chi connectivity index (χ2v) is 6.73. The highest BCUT2D eigenvalue weighted by atomic mass is 32.2. The van der Waals surface area contributed by atoms with Gasteiger partial charge in [-0.15, -0.1) is 23.1 Å². The number of thioether (sulfide) groups is 1. The Kier molecular flexibility index (Phi) is 3.86. The molecule has 1 N–H and O–H groups in total. The standard InChI is InChI=1S/C14H14FNOS2/c15-9-4-6-10(7-5-9)18-8-13-16-11-2-1-3-12(17)14(11)19-13/h4-7,12,17H,1-3,8H2. The molecule has 1 unspecified atom stereocenters. The third-order valence-corrected chi connectivity index (χ3v) is 5.55. The van der Waals surface area contributed by atoms with Crippen LogP contribution in [0, 0.1) is 5.82 Å². The third kappa shape index (κ3) is 2.99. The Hall–Kier alpha value is -0.910. The lowest BCUT2D eigenvalue weighted by atomic mass is 10.0. The van der Waals surface area contributed by atoms with Crippen molar-refractivity contribution in [2.75, 3.05) is 0 Å². The summed E-state index contributed by atoms with van der Waals surface area (Å²) in [6.45, 7) is 0. The van der Waals surface area contributed by atoms with E-state index in [2.05, 4.69) is 4.98 Å². The largest absolute Gasteiger partial charge is 0.388 e. The van der Waals surface area contributed by atoms with E-state index >= 15 is 0 Å². The van der Waals surface area contributed by atoms with E-state index in [4.69, 9.17) is 0 Å². The highest BCUT2D eigenvalue weighted by molar-refractivity contribution is 7.98. The summed E-state index contributed by atoms with van der Waals surface area (Å²) >= 11 is 3.26. The van der Waals surface area contributed by atoms with E-state index in [1.807, 2.05) is 0 Å². The predicted molar refractivity (Wildman–Crippen MR) is 76.0 cm³/mol. The fourth-order valence-electron chi connectivity index (χ4n) is 2.19. The first-order valence-electron chi connectivity index (χ1n) is 6.27. The van der Waals surface area contributed by atoms with Crippen molar-refractivity contribution in [3.05, 3.63) is 45.7 Å². The molecule has 3 rings (SSSR count). The molecule has 1 atom stereocenters. The smallest absolute Gasteiger partial charge is 0.123 e. The average Bonchev–Trinajstić information content (AvgIpc) is 2.83. The number of aliphatic hydroxyl groups excluding tert-OH is 1. The van der Waals surface area contributed by atoms with Crippen molar-refractivity contribution in [3.63, 3.8) is 0 Å². The Bertz CT molecular complexity index is 567. The Labute approximate surface area is 119 Å². The summed E-state index contributed by atoms with van der Waals surface area (Å²) in [6, 6.07) is 6.50. The Morgan fingerprint density at radius 2 is 2.16 bits per heavy atom. The van der Waals surface area contributed by atoms with Crippen LogP contribution in [0.1, 0.15) is 34.5 Å². The van der Waals surface area contributed by atoms with Gasteiger partial charge in [-0.1, -0.05) is 0 Å². The van der Waals surface area contributed by atoms with E-state index in [1.165, 1.54) is 12.1 Å². The van der Waals surface area contributed by atoms with Crippen LogP contribution >= 0.6 is 23.1 Å². The molecule has 0 aliphatic heterocycles. The lowest BCUT2D eigenvalue weighted by Crippen LogP contribution is -2.06. The number of hydrogen-bond donors (Lipinski definition) is 1. The maximum absolute atomic E-state index is 12.8. The SMILES string of the molecule is OC1CCCc2nc(CSc3ccc(F)cc3)sc21. The van der Waals surface area contributed by atoms with Crippen molar-refractivity contribution in [1.82, 2.24) is 4.98 Å². The number of halogens is 1. The maximum atomic E-state index is 12.8. The van der Waals surface area contributed by atoms with Crippen molar-refractivity contribution in [3.8, 4) is 0 Å². The van der Waals surface area contributed by atoms with Crippen molar-refractivity contribution in [1.29, 1.82) is 0 Å². The van der Waals surface area contributed by atoms with Gasteiger partial charge in [0.15, 0.2) is 0 Å². The van der Waals surface area contributed by atoms with Gasteiger partial charge in [-0.05, 0) is 43.5 Å². The molecule has 1 aliphatic carbocycles. The zero-order chi connectivity index (χ0) is 13.2. The fourth-order valence-corrected chi connectivity index (χ4v) is 4.21. The summed E-state index contributed by atoms with van der Waals surface area (Å²) < 4.78 is 12.8. The first kappa shape index (κ1) is 13.1. The van der Waals surface area contributed by atoms with Crippen molar-refractivity contribution in [2.24, 2.45) is 0 Å². The molecule has 5 heteroatoms. The highest BCUT2D eigenvalue weighted by Crippen LogP contribution is 2.35. The molecule has 0 spiro atoms. The molecule has 1 aromatic carbocycles. The van der Waals surface area contributed by atoms with Gasteiger partial charge in [0.2, 0.25) is 0 Å². The molecule has 100 valence electrons. The molecule has 1 aliphatic rings. The molecule has 2 nitrogen and oxygen atoms in total. The van der Waals surface area contributed by atoms with Gasteiger partial charge in [-0.25, -0.2) is 9.37 Å². The second-order valence-electron chi connectivity index (χ2n) is 4.57. The Morgan fingerprint density at radius 3 is 2.89 bits per heavy atom. The minimum absolute atomic E-state index is 0.211. The molecule has 1 heterocycles. The topological polar surface area (TPSA) is 33.1 Å². The number of aryl methyl sites for hydroxylation is 1. The van der Waals surface area contributed by atoms with Crippen molar-refractivity contribution >= 4 is 23.1 Å². The summed E-state index contributed by atoms with van der Waals surface area (Å²) in [4.78, 5) is 6.68. The monoisotopic (exact) mass is 295 g/mol. The van der Waals surface area contributed by atoms with Crippen molar-refractivity contribution in [2.45, 2.75) is 36.0 Å². The molecule has 0 saturated heterocycles. The van der Waals surface area contributed by atoms with Gasteiger partial charge < -0.3 is 5.11 Å². The predicted octanol–water partition coefficient (Wildman–Crippen LogP) is 3.94. The summed E-state index contributed by atoms with van der Waals surface area (Å²) in [5.41, 5.74) is 1.07. The number of benzene rings is 1. The van der Waals surface area contributed by atoms with Gasteiger partial charge in [-0.2, -0.15) is 0 Å². The normalized spacial score (nSPS) is 18.3. The zero-order valence-corrected chi connectivity index (χ0v) is 11.9. The summed E-state index contributed by atoms with van der Waals surface area (Å²) in [5.74, 6) is 0.563. The molecular formula is C14H14FNOS2. The maximum Gasteiger partial charge on any atom is 0.123 e. The van der Waals surface area contributed by atoms with Gasteiger partial charge in [0.05, 0.1) is 22.4 Å². The third-order valence-electron chi connectivity index (χ3n) is 3.14. The number of hydrogen-bond acceptors (Lipinski definition) is 4. The van der Waals surface area contributed by atoms with Crippen LogP contribution in [-0.2, 0) is 12.2 Å². The minimum atomic E-state index is -0.328. The second kappa shape index (κ2) is 5.61. The molecule has 0 radical (unpaired) electrons. The molecule has 2 aromatic rings. The number of thiazole rings is 1. The molecule has 0 bridgehead atoms. The fraction of sp³-hybridized carbons (Fsp3) is 0.357. The van der Waals surface area contributed by atoms with Crippen LogP contribution in [0.5, 0.6) is 0 Å². The van der Waals surface area contributed by atoms with Gasteiger partial charge in [0.25, 0.3) is 0 Å². The van der Waals surface area contributed by atoms with Gasteiger partial charge in [-0.3, -0.25) is 0 Å². The molecule has 0 saturated carbocycles.